The van der Waals surface area contributed by atoms with E-state index in [2.05, 4.69) is 37.8 Å². The Morgan fingerprint density at radius 1 is 1.04 bits per heavy atom. The molecule has 0 spiro atoms. The van der Waals surface area contributed by atoms with Crippen molar-refractivity contribution >= 4 is 10.8 Å². The van der Waals surface area contributed by atoms with E-state index in [-0.39, 0.29) is 11.6 Å². The number of nitrogens with zero attached hydrogens (tertiary/aromatic N) is 2. The Labute approximate surface area is 161 Å². The largest absolute Gasteiger partial charge is 0.497 e. The molecule has 1 aromatic heterocycles. The van der Waals surface area contributed by atoms with Gasteiger partial charge in [0.25, 0.3) is 5.56 Å². The van der Waals surface area contributed by atoms with Gasteiger partial charge in [-0.25, -0.2) is 0 Å². The molecule has 3 aromatic rings. The topological polar surface area (TPSA) is 34.5 Å². The third kappa shape index (κ3) is 3.91. The summed E-state index contributed by atoms with van der Waals surface area (Å²) in [6.45, 7) is 9.09. The van der Waals surface area contributed by atoms with E-state index in [9.17, 15) is 4.79 Å². The molecule has 0 saturated heterocycles. The van der Waals surface area contributed by atoms with Crippen LogP contribution in [0.4, 0.5) is 0 Å². The molecule has 27 heavy (non-hydrogen) atoms. The van der Waals surface area contributed by atoms with E-state index in [1.165, 1.54) is 0 Å². The van der Waals surface area contributed by atoms with E-state index in [1.54, 1.807) is 7.11 Å². The number of hydrogen-bond donors (Lipinski definition) is 0. The van der Waals surface area contributed by atoms with Gasteiger partial charge in [0.1, 0.15) is 5.75 Å². The summed E-state index contributed by atoms with van der Waals surface area (Å²) >= 11 is 0. The van der Waals surface area contributed by atoms with Gasteiger partial charge in [0, 0.05) is 24.3 Å². The summed E-state index contributed by atoms with van der Waals surface area (Å²) in [5, 5.41) is 1.65. The second kappa shape index (κ2) is 8.40. The molecule has 0 aliphatic heterocycles. The number of pyridine rings is 1. The summed E-state index contributed by atoms with van der Waals surface area (Å²) in [4.78, 5) is 15.6. The maximum atomic E-state index is 13.2. The third-order valence-corrected chi connectivity index (χ3v) is 5.27. The first-order valence-electron chi connectivity index (χ1n) is 9.59. The van der Waals surface area contributed by atoms with Gasteiger partial charge in [0.2, 0.25) is 0 Å². The number of benzene rings is 2. The Morgan fingerprint density at radius 3 is 2.37 bits per heavy atom. The lowest BCUT2D eigenvalue weighted by Crippen LogP contribution is -2.38. The Morgan fingerprint density at radius 2 is 1.74 bits per heavy atom. The number of fused-ring (bicyclic) bond motifs is 1. The molecule has 3 rings (SSSR count). The highest BCUT2D eigenvalue weighted by Gasteiger charge is 2.15. The fourth-order valence-corrected chi connectivity index (χ4v) is 3.73. The second-order valence-corrected chi connectivity index (χ2v) is 6.85. The minimum atomic E-state index is 0.0302. The van der Waals surface area contributed by atoms with E-state index in [0.29, 0.717) is 17.7 Å². The van der Waals surface area contributed by atoms with E-state index in [4.69, 9.17) is 4.74 Å². The fourth-order valence-electron chi connectivity index (χ4n) is 3.73. The lowest BCUT2D eigenvalue weighted by atomic mass is 10.0. The molecule has 0 fully saturated rings. The number of methoxy groups -OCH3 is 1. The van der Waals surface area contributed by atoms with Gasteiger partial charge in [-0.05, 0) is 49.2 Å². The summed E-state index contributed by atoms with van der Waals surface area (Å²) < 4.78 is 7.21. The summed E-state index contributed by atoms with van der Waals surface area (Å²) in [6, 6.07) is 16.3. The van der Waals surface area contributed by atoms with Crippen molar-refractivity contribution in [1.82, 2.24) is 9.47 Å². The van der Waals surface area contributed by atoms with Crippen molar-refractivity contribution < 1.29 is 4.74 Å². The molecule has 1 atom stereocenters. The Balaban J connectivity index is 2.19. The molecule has 0 N–H and O–H groups in total. The zero-order valence-corrected chi connectivity index (χ0v) is 16.6. The molecule has 0 bridgehead atoms. The van der Waals surface area contributed by atoms with E-state index >= 15 is 0 Å². The van der Waals surface area contributed by atoms with Crippen LogP contribution in [0.2, 0.25) is 0 Å². The molecule has 0 radical (unpaired) electrons. The number of hydrogen-bond acceptors (Lipinski definition) is 3. The van der Waals surface area contributed by atoms with Gasteiger partial charge < -0.3 is 9.30 Å². The molecular formula is C23H28N2O2. The van der Waals surface area contributed by atoms with Crippen LogP contribution in [0.1, 0.15) is 20.8 Å². The van der Waals surface area contributed by atoms with Gasteiger partial charge in [-0.1, -0.05) is 44.2 Å². The number of likely N-dealkylation sites (N-methyl/N-ethyl adjacent to an activating group) is 1. The first-order valence-corrected chi connectivity index (χ1v) is 9.59. The smallest absolute Gasteiger partial charge is 0.258 e. The molecule has 4 heteroatoms. The van der Waals surface area contributed by atoms with Crippen LogP contribution in [0, 0.1) is 0 Å². The normalized spacial score (nSPS) is 12.5. The van der Waals surface area contributed by atoms with Crippen molar-refractivity contribution in [3.63, 3.8) is 0 Å². The van der Waals surface area contributed by atoms with E-state index in [1.807, 2.05) is 47.2 Å². The van der Waals surface area contributed by atoms with Crippen LogP contribution in [0.25, 0.3) is 21.9 Å². The van der Waals surface area contributed by atoms with Gasteiger partial charge >= 0.3 is 0 Å². The van der Waals surface area contributed by atoms with Crippen LogP contribution in [0.5, 0.6) is 5.75 Å². The zero-order valence-electron chi connectivity index (χ0n) is 16.6. The number of aromatic nitrogens is 1. The monoisotopic (exact) mass is 364 g/mol. The average Bonchev–Trinajstić information content (AvgIpc) is 2.71. The van der Waals surface area contributed by atoms with Gasteiger partial charge in [0.15, 0.2) is 0 Å². The highest BCUT2D eigenvalue weighted by atomic mass is 16.5. The van der Waals surface area contributed by atoms with E-state index in [0.717, 1.165) is 29.6 Å². The lowest BCUT2D eigenvalue weighted by molar-refractivity contribution is 0.210. The summed E-state index contributed by atoms with van der Waals surface area (Å²) in [5.74, 6) is 0.702. The maximum Gasteiger partial charge on any atom is 0.258 e. The Bertz CT molecular complexity index is 959. The van der Waals surface area contributed by atoms with Gasteiger partial charge in [-0.3, -0.25) is 9.69 Å². The number of rotatable bonds is 7. The van der Waals surface area contributed by atoms with Crippen LogP contribution in [-0.2, 0) is 6.54 Å². The van der Waals surface area contributed by atoms with Gasteiger partial charge in [-0.15, -0.1) is 0 Å². The maximum absolute atomic E-state index is 13.2. The molecule has 2 aromatic carbocycles. The van der Waals surface area contributed by atoms with Gasteiger partial charge in [-0.2, -0.15) is 0 Å². The average molecular weight is 364 g/mol. The summed E-state index contributed by atoms with van der Waals surface area (Å²) in [5.41, 5.74) is 2.21. The van der Waals surface area contributed by atoms with Crippen LogP contribution in [-0.4, -0.2) is 35.7 Å². The molecule has 1 heterocycles. The van der Waals surface area contributed by atoms with Crippen molar-refractivity contribution in [1.29, 1.82) is 0 Å². The zero-order chi connectivity index (χ0) is 19.4. The SMILES string of the molecule is CCN(CC)C(C)Cn1cc(-c2ccccc2)c2ccc(OC)cc2c1=O. The lowest BCUT2D eigenvalue weighted by Gasteiger charge is -2.27. The molecule has 0 saturated carbocycles. The summed E-state index contributed by atoms with van der Waals surface area (Å²) in [6.07, 6.45) is 2.01. The minimum absolute atomic E-state index is 0.0302. The molecule has 0 aliphatic carbocycles. The first kappa shape index (κ1) is 19.2. The van der Waals surface area contributed by atoms with Crippen LogP contribution in [0.15, 0.2) is 59.5 Å². The van der Waals surface area contributed by atoms with Crippen molar-refractivity contribution in [3.05, 3.63) is 65.1 Å². The van der Waals surface area contributed by atoms with Crippen LogP contribution < -0.4 is 10.3 Å². The fraction of sp³-hybridized carbons (Fsp3) is 0.348. The van der Waals surface area contributed by atoms with E-state index < -0.39 is 0 Å². The molecular weight excluding hydrogens is 336 g/mol. The van der Waals surface area contributed by atoms with Crippen LogP contribution >= 0.6 is 0 Å². The standard InChI is InChI=1S/C23H28N2O2/c1-5-24(6-2)17(3)15-25-16-22(18-10-8-7-9-11-18)20-13-12-19(27-4)14-21(20)23(25)26/h7-14,16-17H,5-6,15H2,1-4H3. The Hall–Kier alpha value is -2.59. The van der Waals surface area contributed by atoms with Crippen molar-refractivity contribution in [2.24, 2.45) is 0 Å². The Kier molecular flexibility index (Phi) is 5.97. The highest BCUT2D eigenvalue weighted by molar-refractivity contribution is 5.96. The number of ether oxygens (including phenoxy) is 1. The molecule has 4 nitrogen and oxygen atoms in total. The van der Waals surface area contributed by atoms with Crippen molar-refractivity contribution in [2.75, 3.05) is 20.2 Å². The predicted molar refractivity (Wildman–Crippen MR) is 113 cm³/mol. The van der Waals surface area contributed by atoms with Crippen molar-refractivity contribution in [3.8, 4) is 16.9 Å². The summed E-state index contributed by atoms with van der Waals surface area (Å²) in [7, 11) is 1.63. The molecule has 1 unspecified atom stereocenters. The quantitative estimate of drug-likeness (QED) is 0.623. The minimum Gasteiger partial charge on any atom is -0.497 e. The third-order valence-electron chi connectivity index (χ3n) is 5.27. The molecule has 0 amide bonds. The second-order valence-electron chi connectivity index (χ2n) is 6.85. The highest BCUT2D eigenvalue weighted by Crippen LogP contribution is 2.29. The molecule has 142 valence electrons. The van der Waals surface area contributed by atoms with Gasteiger partial charge in [0.05, 0.1) is 12.5 Å². The first-order chi connectivity index (χ1) is 13.1. The predicted octanol–water partition coefficient (Wildman–Crippen LogP) is 4.41. The van der Waals surface area contributed by atoms with Crippen molar-refractivity contribution in [2.45, 2.75) is 33.4 Å². The van der Waals surface area contributed by atoms with Crippen LogP contribution in [0.3, 0.4) is 0 Å². The molecule has 0 aliphatic rings.